The Bertz CT molecular complexity index is 314. The maximum absolute atomic E-state index is 10.5. The van der Waals surface area contributed by atoms with Crippen LogP contribution in [-0.4, -0.2) is 22.1 Å². The van der Waals surface area contributed by atoms with Gasteiger partial charge in [0.15, 0.2) is 0 Å². The van der Waals surface area contributed by atoms with Gasteiger partial charge in [0.1, 0.15) is 0 Å². The van der Waals surface area contributed by atoms with Crippen molar-refractivity contribution < 1.29 is 9.90 Å². The Balaban J connectivity index is 2.49. The van der Waals surface area contributed by atoms with Crippen LogP contribution in [0.2, 0.25) is 0 Å². The molecule has 1 aromatic heterocycles. The number of carbonyl (C=O) groups is 1. The lowest BCUT2D eigenvalue weighted by Crippen LogP contribution is -2.30. The SMILES string of the molecule is CC(CC(=O)O)NC(C)c1ccncc1. The minimum absolute atomic E-state index is 0.0364. The summed E-state index contributed by atoms with van der Waals surface area (Å²) >= 11 is 0. The molecule has 1 heterocycles. The van der Waals surface area contributed by atoms with Crippen molar-refractivity contribution in [2.75, 3.05) is 0 Å². The molecule has 15 heavy (non-hydrogen) atoms. The molecule has 2 atom stereocenters. The van der Waals surface area contributed by atoms with Crippen LogP contribution in [0.1, 0.15) is 31.9 Å². The lowest BCUT2D eigenvalue weighted by atomic mass is 10.1. The van der Waals surface area contributed by atoms with Crippen molar-refractivity contribution in [2.24, 2.45) is 0 Å². The molecule has 82 valence electrons. The maximum atomic E-state index is 10.5. The third-order valence-electron chi connectivity index (χ3n) is 2.22. The highest BCUT2D eigenvalue weighted by molar-refractivity contribution is 5.67. The molecule has 0 radical (unpaired) electrons. The molecule has 0 aromatic carbocycles. The van der Waals surface area contributed by atoms with E-state index in [9.17, 15) is 4.79 Å². The Labute approximate surface area is 89.3 Å². The zero-order valence-electron chi connectivity index (χ0n) is 8.97. The number of hydrogen-bond donors (Lipinski definition) is 2. The lowest BCUT2D eigenvalue weighted by Gasteiger charge is -2.18. The Kier molecular flexibility index (Phi) is 4.24. The van der Waals surface area contributed by atoms with Crippen LogP contribution in [0.15, 0.2) is 24.5 Å². The van der Waals surface area contributed by atoms with Gasteiger partial charge in [0.25, 0.3) is 0 Å². The van der Waals surface area contributed by atoms with Gasteiger partial charge in [0.05, 0.1) is 6.42 Å². The van der Waals surface area contributed by atoms with E-state index in [0.29, 0.717) is 0 Å². The summed E-state index contributed by atoms with van der Waals surface area (Å²) in [5.41, 5.74) is 1.11. The first-order valence-corrected chi connectivity index (χ1v) is 4.97. The first kappa shape index (κ1) is 11.7. The topological polar surface area (TPSA) is 62.2 Å². The summed E-state index contributed by atoms with van der Waals surface area (Å²) in [4.78, 5) is 14.4. The van der Waals surface area contributed by atoms with Crippen LogP contribution in [0.4, 0.5) is 0 Å². The van der Waals surface area contributed by atoms with Crippen LogP contribution in [0, 0.1) is 0 Å². The number of pyridine rings is 1. The molecule has 0 bridgehead atoms. The fraction of sp³-hybridized carbons (Fsp3) is 0.455. The molecule has 0 fully saturated rings. The summed E-state index contributed by atoms with van der Waals surface area (Å²) in [6.07, 6.45) is 3.60. The van der Waals surface area contributed by atoms with Gasteiger partial charge in [0.2, 0.25) is 0 Å². The van der Waals surface area contributed by atoms with Crippen LogP contribution >= 0.6 is 0 Å². The molecule has 1 aromatic rings. The molecular weight excluding hydrogens is 192 g/mol. The molecule has 2 N–H and O–H groups in total. The smallest absolute Gasteiger partial charge is 0.304 e. The molecule has 2 unspecified atom stereocenters. The second-order valence-corrected chi connectivity index (χ2v) is 3.67. The highest BCUT2D eigenvalue weighted by atomic mass is 16.4. The number of hydrogen-bond acceptors (Lipinski definition) is 3. The third kappa shape index (κ3) is 4.08. The summed E-state index contributed by atoms with van der Waals surface area (Å²) in [5, 5.41) is 11.8. The molecule has 0 aliphatic rings. The first-order chi connectivity index (χ1) is 7.09. The third-order valence-corrected chi connectivity index (χ3v) is 2.22. The minimum Gasteiger partial charge on any atom is -0.481 e. The van der Waals surface area contributed by atoms with Gasteiger partial charge in [-0.1, -0.05) is 0 Å². The second kappa shape index (κ2) is 5.46. The average molecular weight is 208 g/mol. The zero-order chi connectivity index (χ0) is 11.3. The Hall–Kier alpha value is -1.42. The van der Waals surface area contributed by atoms with Gasteiger partial charge in [-0.3, -0.25) is 9.78 Å². The maximum Gasteiger partial charge on any atom is 0.304 e. The van der Waals surface area contributed by atoms with Crippen LogP contribution in [0.3, 0.4) is 0 Å². The van der Waals surface area contributed by atoms with Crippen molar-refractivity contribution in [3.8, 4) is 0 Å². The summed E-state index contributed by atoms with van der Waals surface area (Å²) in [5.74, 6) is -0.781. The largest absolute Gasteiger partial charge is 0.481 e. The fourth-order valence-corrected chi connectivity index (χ4v) is 1.50. The summed E-state index contributed by atoms with van der Waals surface area (Å²) in [7, 11) is 0. The normalized spacial score (nSPS) is 14.5. The Morgan fingerprint density at radius 1 is 1.47 bits per heavy atom. The van der Waals surface area contributed by atoms with Gasteiger partial charge in [-0.15, -0.1) is 0 Å². The van der Waals surface area contributed by atoms with Crippen molar-refractivity contribution in [3.05, 3.63) is 30.1 Å². The predicted molar refractivity (Wildman–Crippen MR) is 57.5 cm³/mol. The molecule has 0 spiro atoms. The van der Waals surface area contributed by atoms with E-state index in [0.717, 1.165) is 5.56 Å². The minimum atomic E-state index is -0.781. The van der Waals surface area contributed by atoms with E-state index < -0.39 is 5.97 Å². The second-order valence-electron chi connectivity index (χ2n) is 3.67. The number of aliphatic carboxylic acids is 1. The van der Waals surface area contributed by atoms with Gasteiger partial charge >= 0.3 is 5.97 Å². The van der Waals surface area contributed by atoms with E-state index in [1.54, 1.807) is 12.4 Å². The van der Waals surface area contributed by atoms with Crippen LogP contribution in [0.25, 0.3) is 0 Å². The predicted octanol–water partition coefficient (Wildman–Crippen LogP) is 1.60. The number of carboxylic acids is 1. The highest BCUT2D eigenvalue weighted by Crippen LogP contribution is 2.11. The van der Waals surface area contributed by atoms with Crippen LogP contribution in [0.5, 0.6) is 0 Å². The van der Waals surface area contributed by atoms with E-state index in [2.05, 4.69) is 10.3 Å². The first-order valence-electron chi connectivity index (χ1n) is 4.97. The Morgan fingerprint density at radius 2 is 2.07 bits per heavy atom. The molecule has 1 rings (SSSR count). The zero-order valence-corrected chi connectivity index (χ0v) is 8.97. The highest BCUT2D eigenvalue weighted by Gasteiger charge is 2.11. The van der Waals surface area contributed by atoms with Gasteiger partial charge < -0.3 is 10.4 Å². The molecule has 0 saturated carbocycles. The van der Waals surface area contributed by atoms with Gasteiger partial charge in [-0.25, -0.2) is 0 Å². The Morgan fingerprint density at radius 3 is 2.60 bits per heavy atom. The van der Waals surface area contributed by atoms with E-state index >= 15 is 0 Å². The van der Waals surface area contributed by atoms with Crippen molar-refractivity contribution in [3.63, 3.8) is 0 Å². The fourth-order valence-electron chi connectivity index (χ4n) is 1.50. The number of carboxylic acid groups (broad SMARTS) is 1. The van der Waals surface area contributed by atoms with Crippen molar-refractivity contribution in [1.29, 1.82) is 0 Å². The van der Waals surface area contributed by atoms with Crippen LogP contribution < -0.4 is 5.32 Å². The molecule has 0 saturated heterocycles. The molecule has 0 amide bonds. The lowest BCUT2D eigenvalue weighted by molar-refractivity contribution is -0.137. The van der Waals surface area contributed by atoms with Gasteiger partial charge in [-0.2, -0.15) is 0 Å². The monoisotopic (exact) mass is 208 g/mol. The number of rotatable bonds is 5. The molecular formula is C11H16N2O2. The average Bonchev–Trinajstić information content (AvgIpc) is 2.17. The van der Waals surface area contributed by atoms with E-state index in [1.807, 2.05) is 26.0 Å². The van der Waals surface area contributed by atoms with Crippen molar-refractivity contribution in [2.45, 2.75) is 32.4 Å². The number of nitrogens with one attached hydrogen (secondary N) is 1. The van der Waals surface area contributed by atoms with Gasteiger partial charge in [0, 0.05) is 24.5 Å². The number of nitrogens with zero attached hydrogens (tertiary/aromatic N) is 1. The quantitative estimate of drug-likeness (QED) is 0.771. The molecule has 0 aliphatic heterocycles. The van der Waals surface area contributed by atoms with Gasteiger partial charge in [-0.05, 0) is 31.5 Å². The van der Waals surface area contributed by atoms with Crippen molar-refractivity contribution >= 4 is 5.97 Å². The van der Waals surface area contributed by atoms with E-state index in [1.165, 1.54) is 0 Å². The van der Waals surface area contributed by atoms with Crippen LogP contribution in [-0.2, 0) is 4.79 Å². The van der Waals surface area contributed by atoms with E-state index in [-0.39, 0.29) is 18.5 Å². The van der Waals surface area contributed by atoms with Crippen molar-refractivity contribution in [1.82, 2.24) is 10.3 Å². The number of aromatic nitrogens is 1. The standard InChI is InChI=1S/C11H16N2O2/c1-8(7-11(14)15)13-9(2)10-3-5-12-6-4-10/h3-6,8-9,13H,7H2,1-2H3,(H,14,15). The summed E-state index contributed by atoms with van der Waals surface area (Å²) in [6.45, 7) is 3.87. The molecule has 0 aliphatic carbocycles. The van der Waals surface area contributed by atoms with E-state index in [4.69, 9.17) is 5.11 Å². The molecule has 4 nitrogen and oxygen atoms in total. The summed E-state index contributed by atoms with van der Waals surface area (Å²) in [6, 6.07) is 3.95. The molecule has 4 heteroatoms. The summed E-state index contributed by atoms with van der Waals surface area (Å²) < 4.78 is 0.